The molecule has 31 heavy (non-hydrogen) atoms. The highest BCUT2D eigenvalue weighted by Gasteiger charge is 2.23. The Kier molecular flexibility index (Phi) is 7.45. The summed E-state index contributed by atoms with van der Waals surface area (Å²) in [5, 5.41) is 3.88. The molecular weight excluding hydrogens is 412 g/mol. The lowest BCUT2D eigenvalue weighted by molar-refractivity contribution is -0.119. The van der Waals surface area contributed by atoms with Gasteiger partial charge < -0.3 is 10.1 Å². The quantitative estimate of drug-likeness (QED) is 0.553. The maximum atomic E-state index is 13.1. The fourth-order valence-electron chi connectivity index (χ4n) is 2.86. The molecule has 0 spiro atoms. The van der Waals surface area contributed by atoms with Crippen LogP contribution in [0.15, 0.2) is 90.3 Å². The largest absolute Gasteiger partial charge is 0.497 e. The van der Waals surface area contributed by atoms with Crippen LogP contribution in [0.25, 0.3) is 6.08 Å². The van der Waals surface area contributed by atoms with E-state index < -0.39 is 15.9 Å². The fraction of sp³-hybridized carbons (Fsp3) is 0.125. The number of anilines is 1. The van der Waals surface area contributed by atoms with Gasteiger partial charge in [-0.25, -0.2) is 8.42 Å². The van der Waals surface area contributed by atoms with E-state index >= 15 is 0 Å². The first-order valence-corrected chi connectivity index (χ1v) is 11.2. The molecule has 0 saturated heterocycles. The van der Waals surface area contributed by atoms with Crippen LogP contribution < -0.4 is 14.4 Å². The molecule has 1 N–H and O–H groups in total. The number of hydrogen-bond donors (Lipinski definition) is 1. The van der Waals surface area contributed by atoms with Gasteiger partial charge in [-0.05, 0) is 41.5 Å². The second kappa shape index (κ2) is 10.4. The zero-order valence-corrected chi connectivity index (χ0v) is 18.0. The van der Waals surface area contributed by atoms with Gasteiger partial charge in [0.1, 0.15) is 12.3 Å². The van der Waals surface area contributed by atoms with Crippen molar-refractivity contribution in [3.8, 4) is 5.75 Å². The van der Waals surface area contributed by atoms with Gasteiger partial charge in [-0.2, -0.15) is 0 Å². The Morgan fingerprint density at radius 1 is 0.935 bits per heavy atom. The van der Waals surface area contributed by atoms with Crippen LogP contribution in [0, 0.1) is 0 Å². The van der Waals surface area contributed by atoms with E-state index in [-0.39, 0.29) is 6.54 Å². The van der Waals surface area contributed by atoms with Gasteiger partial charge in [-0.3, -0.25) is 9.10 Å². The summed E-state index contributed by atoms with van der Waals surface area (Å²) in [6.45, 7) is -0.0311. The Morgan fingerprint density at radius 3 is 2.16 bits per heavy atom. The molecule has 0 unspecified atom stereocenters. The van der Waals surface area contributed by atoms with E-state index in [1.807, 2.05) is 48.5 Å². The summed E-state index contributed by atoms with van der Waals surface area (Å²) in [6.07, 6.45) is 1.51. The highest BCUT2D eigenvalue weighted by Crippen LogP contribution is 2.23. The molecule has 0 aliphatic heterocycles. The second-order valence-corrected chi connectivity index (χ2v) is 8.47. The van der Waals surface area contributed by atoms with E-state index in [1.54, 1.807) is 36.4 Å². The fourth-order valence-corrected chi connectivity index (χ4v) is 4.05. The lowest BCUT2D eigenvalue weighted by Gasteiger charge is -2.22. The van der Waals surface area contributed by atoms with Gasteiger partial charge in [-0.15, -0.1) is 0 Å². The van der Waals surface area contributed by atoms with Gasteiger partial charge >= 0.3 is 0 Å². The number of nitrogens with one attached hydrogen (secondary N) is 1. The Morgan fingerprint density at radius 2 is 1.55 bits per heavy atom. The molecule has 0 aliphatic carbocycles. The predicted molar refractivity (Wildman–Crippen MR) is 123 cm³/mol. The molecule has 3 rings (SSSR count). The zero-order chi connectivity index (χ0) is 22.1. The summed E-state index contributed by atoms with van der Waals surface area (Å²) >= 11 is 0. The monoisotopic (exact) mass is 436 g/mol. The van der Waals surface area contributed by atoms with Crippen molar-refractivity contribution < 1.29 is 17.9 Å². The smallest absolute Gasteiger partial charge is 0.257 e. The summed E-state index contributed by atoms with van der Waals surface area (Å²) in [6, 6.07) is 25.1. The van der Waals surface area contributed by atoms with Crippen molar-refractivity contribution in [1.29, 1.82) is 0 Å². The lowest BCUT2D eigenvalue weighted by atomic mass is 10.2. The van der Waals surface area contributed by atoms with Gasteiger partial charge in [0.2, 0.25) is 5.91 Å². The standard InChI is InChI=1S/C24H24N2O4S/c1-30-23-14-12-22(13-15-23)26(19-24(27)25-18-21-10-6-3-7-11-21)31(28,29)17-16-20-8-4-2-5-9-20/h2-17H,18-19H2,1H3,(H,25,27). The van der Waals surface area contributed by atoms with Crippen molar-refractivity contribution in [1.82, 2.24) is 5.32 Å². The average Bonchev–Trinajstić information content (AvgIpc) is 2.81. The third-order valence-corrected chi connectivity index (χ3v) is 5.95. The average molecular weight is 437 g/mol. The Balaban J connectivity index is 1.81. The highest BCUT2D eigenvalue weighted by atomic mass is 32.2. The first-order chi connectivity index (χ1) is 15.0. The molecule has 160 valence electrons. The number of carbonyl (C=O) groups is 1. The second-order valence-electron chi connectivity index (χ2n) is 6.73. The predicted octanol–water partition coefficient (Wildman–Crippen LogP) is 3.82. The topological polar surface area (TPSA) is 75.7 Å². The molecule has 6 nitrogen and oxygen atoms in total. The van der Waals surface area contributed by atoms with Crippen LogP contribution in [0.1, 0.15) is 11.1 Å². The SMILES string of the molecule is COc1ccc(N(CC(=O)NCc2ccccc2)S(=O)(=O)C=Cc2ccccc2)cc1. The van der Waals surface area contributed by atoms with Crippen LogP contribution in [0.5, 0.6) is 5.75 Å². The number of carbonyl (C=O) groups excluding carboxylic acids is 1. The van der Waals surface area contributed by atoms with E-state index in [0.29, 0.717) is 18.0 Å². The summed E-state index contributed by atoms with van der Waals surface area (Å²) < 4.78 is 32.4. The number of benzene rings is 3. The first-order valence-electron chi connectivity index (χ1n) is 9.68. The summed E-state index contributed by atoms with van der Waals surface area (Å²) in [5.41, 5.74) is 2.04. The van der Waals surface area contributed by atoms with Crippen LogP contribution in [0.3, 0.4) is 0 Å². The van der Waals surface area contributed by atoms with Gasteiger partial charge in [0, 0.05) is 6.54 Å². The number of ether oxygens (including phenoxy) is 1. The maximum Gasteiger partial charge on any atom is 0.257 e. The van der Waals surface area contributed by atoms with Crippen molar-refractivity contribution >= 4 is 27.7 Å². The Hall–Kier alpha value is -3.58. The number of nitrogens with zero attached hydrogens (tertiary/aromatic N) is 1. The molecule has 7 heteroatoms. The molecule has 0 saturated carbocycles. The van der Waals surface area contributed by atoms with Crippen LogP contribution in [0.4, 0.5) is 5.69 Å². The van der Waals surface area contributed by atoms with Crippen molar-refractivity contribution in [3.05, 3.63) is 101 Å². The molecule has 0 aliphatic rings. The Labute approximate surface area is 182 Å². The van der Waals surface area contributed by atoms with Crippen molar-refractivity contribution in [3.63, 3.8) is 0 Å². The normalized spacial score (nSPS) is 11.3. The third-order valence-electron chi connectivity index (χ3n) is 4.52. The van der Waals surface area contributed by atoms with Gasteiger partial charge in [0.15, 0.2) is 0 Å². The van der Waals surface area contributed by atoms with Gasteiger partial charge in [0.05, 0.1) is 18.2 Å². The first kappa shape index (κ1) is 22.1. The molecule has 0 heterocycles. The summed E-state index contributed by atoms with van der Waals surface area (Å²) in [5.74, 6) is 0.186. The molecule has 3 aromatic carbocycles. The minimum atomic E-state index is -3.92. The molecule has 0 atom stereocenters. The van der Waals surface area contributed by atoms with Crippen LogP contribution >= 0.6 is 0 Å². The van der Waals surface area contributed by atoms with E-state index in [1.165, 1.54) is 13.2 Å². The maximum absolute atomic E-state index is 13.1. The molecule has 1 amide bonds. The number of rotatable bonds is 9. The minimum absolute atomic E-state index is 0.316. The number of methoxy groups -OCH3 is 1. The van der Waals surface area contributed by atoms with Crippen molar-refractivity contribution in [2.45, 2.75) is 6.54 Å². The van der Waals surface area contributed by atoms with E-state index in [2.05, 4.69) is 5.32 Å². The van der Waals surface area contributed by atoms with E-state index in [0.717, 1.165) is 20.8 Å². The van der Waals surface area contributed by atoms with Crippen molar-refractivity contribution in [2.24, 2.45) is 0 Å². The van der Waals surface area contributed by atoms with Crippen LogP contribution in [-0.4, -0.2) is 28.0 Å². The zero-order valence-electron chi connectivity index (χ0n) is 17.1. The molecule has 0 aromatic heterocycles. The van der Waals surface area contributed by atoms with Gasteiger partial charge in [0.25, 0.3) is 10.0 Å². The highest BCUT2D eigenvalue weighted by molar-refractivity contribution is 7.95. The molecule has 3 aromatic rings. The minimum Gasteiger partial charge on any atom is -0.497 e. The van der Waals surface area contributed by atoms with E-state index in [4.69, 9.17) is 4.74 Å². The van der Waals surface area contributed by atoms with Crippen LogP contribution in [-0.2, 0) is 21.4 Å². The molecular formula is C24H24N2O4S. The number of sulfonamides is 1. The molecule has 0 fully saturated rings. The molecule has 0 radical (unpaired) electrons. The summed E-state index contributed by atoms with van der Waals surface area (Å²) in [4.78, 5) is 12.6. The van der Waals surface area contributed by atoms with Gasteiger partial charge in [-0.1, -0.05) is 60.7 Å². The summed E-state index contributed by atoms with van der Waals surface area (Å²) in [7, 11) is -2.39. The van der Waals surface area contributed by atoms with Crippen LogP contribution in [0.2, 0.25) is 0 Å². The number of amides is 1. The van der Waals surface area contributed by atoms with Crippen molar-refractivity contribution in [2.75, 3.05) is 18.0 Å². The third kappa shape index (κ3) is 6.45. The Bertz CT molecular complexity index is 1110. The lowest BCUT2D eigenvalue weighted by Crippen LogP contribution is -2.39. The van der Waals surface area contributed by atoms with E-state index in [9.17, 15) is 13.2 Å². The number of hydrogen-bond acceptors (Lipinski definition) is 4. The molecule has 0 bridgehead atoms.